The van der Waals surface area contributed by atoms with E-state index in [-0.39, 0.29) is 18.4 Å². The molecule has 0 aromatic heterocycles. The van der Waals surface area contributed by atoms with Gasteiger partial charge in [-0.3, -0.25) is 0 Å². The molecule has 0 amide bonds. The number of aldehydes is 1. The molecule has 0 N–H and O–H groups in total. The fourth-order valence-corrected chi connectivity index (χ4v) is 1.19. The van der Waals surface area contributed by atoms with Crippen molar-refractivity contribution in [1.29, 1.82) is 0 Å². The van der Waals surface area contributed by atoms with Crippen LogP contribution in [0.4, 0.5) is 17.6 Å². The van der Waals surface area contributed by atoms with Crippen LogP contribution in [0.15, 0.2) is 12.1 Å². The standard InChI is InChI=1S/C10H8F4O/c11-8-5-7(10(13)14)4-6(9(8)12)2-1-3-15/h3-5,10H,1-2H2. The number of rotatable bonds is 4. The molecule has 0 atom stereocenters. The SMILES string of the molecule is O=CCCc1cc(C(F)F)cc(F)c1F. The van der Waals surface area contributed by atoms with Crippen molar-refractivity contribution < 1.29 is 22.4 Å². The molecule has 0 aliphatic heterocycles. The largest absolute Gasteiger partial charge is 0.303 e. The Labute approximate surface area is 83.7 Å². The van der Waals surface area contributed by atoms with E-state index in [1.165, 1.54) is 0 Å². The molecule has 15 heavy (non-hydrogen) atoms. The maximum absolute atomic E-state index is 13.0. The highest BCUT2D eigenvalue weighted by Gasteiger charge is 2.15. The normalized spacial score (nSPS) is 10.7. The van der Waals surface area contributed by atoms with Gasteiger partial charge < -0.3 is 4.79 Å². The summed E-state index contributed by atoms with van der Waals surface area (Å²) in [5.41, 5.74) is -0.771. The van der Waals surface area contributed by atoms with Gasteiger partial charge in [-0.2, -0.15) is 0 Å². The maximum atomic E-state index is 13.0. The molecule has 0 aliphatic carbocycles. The van der Waals surface area contributed by atoms with Gasteiger partial charge in [0.05, 0.1) is 0 Å². The van der Waals surface area contributed by atoms with E-state index in [4.69, 9.17) is 0 Å². The summed E-state index contributed by atoms with van der Waals surface area (Å²) in [7, 11) is 0. The van der Waals surface area contributed by atoms with Crippen LogP contribution in [0.3, 0.4) is 0 Å². The second-order valence-electron chi connectivity index (χ2n) is 2.98. The van der Waals surface area contributed by atoms with Gasteiger partial charge in [-0.05, 0) is 24.1 Å². The van der Waals surface area contributed by atoms with Crippen molar-refractivity contribution in [2.75, 3.05) is 0 Å². The Morgan fingerprint density at radius 2 is 1.93 bits per heavy atom. The average molecular weight is 220 g/mol. The van der Waals surface area contributed by atoms with E-state index in [1.807, 2.05) is 0 Å². The van der Waals surface area contributed by atoms with Crippen molar-refractivity contribution in [1.82, 2.24) is 0 Å². The quantitative estimate of drug-likeness (QED) is 0.563. The van der Waals surface area contributed by atoms with Gasteiger partial charge in [0.1, 0.15) is 6.29 Å². The lowest BCUT2D eigenvalue weighted by atomic mass is 10.1. The van der Waals surface area contributed by atoms with Crippen LogP contribution in [-0.2, 0) is 11.2 Å². The Morgan fingerprint density at radius 1 is 1.27 bits per heavy atom. The Morgan fingerprint density at radius 3 is 2.47 bits per heavy atom. The zero-order chi connectivity index (χ0) is 11.4. The molecule has 0 radical (unpaired) electrons. The van der Waals surface area contributed by atoms with Crippen molar-refractivity contribution in [3.8, 4) is 0 Å². The van der Waals surface area contributed by atoms with Crippen molar-refractivity contribution in [2.45, 2.75) is 19.3 Å². The smallest absolute Gasteiger partial charge is 0.263 e. The molecule has 1 aromatic rings. The van der Waals surface area contributed by atoms with E-state index in [0.29, 0.717) is 12.4 Å². The third kappa shape index (κ3) is 2.78. The number of alkyl halides is 2. The summed E-state index contributed by atoms with van der Waals surface area (Å²) >= 11 is 0. The molecule has 0 spiro atoms. The summed E-state index contributed by atoms with van der Waals surface area (Å²) in [5.74, 6) is -2.48. The van der Waals surface area contributed by atoms with E-state index in [1.54, 1.807) is 0 Å². The highest BCUT2D eigenvalue weighted by Crippen LogP contribution is 2.24. The van der Waals surface area contributed by atoms with Gasteiger partial charge in [-0.1, -0.05) is 0 Å². The lowest BCUT2D eigenvalue weighted by Crippen LogP contribution is -1.99. The summed E-state index contributed by atoms with van der Waals surface area (Å²) in [6, 6.07) is 1.34. The lowest BCUT2D eigenvalue weighted by molar-refractivity contribution is -0.107. The lowest BCUT2D eigenvalue weighted by Gasteiger charge is -2.06. The second kappa shape index (κ2) is 4.91. The van der Waals surface area contributed by atoms with Crippen LogP contribution in [0.2, 0.25) is 0 Å². The van der Waals surface area contributed by atoms with Gasteiger partial charge >= 0.3 is 0 Å². The molecular weight excluding hydrogens is 212 g/mol. The minimum Gasteiger partial charge on any atom is -0.303 e. The molecule has 0 unspecified atom stereocenters. The van der Waals surface area contributed by atoms with Crippen LogP contribution in [0, 0.1) is 11.6 Å². The number of aryl methyl sites for hydroxylation is 1. The number of halogens is 4. The van der Waals surface area contributed by atoms with Crippen LogP contribution < -0.4 is 0 Å². The Balaban J connectivity index is 3.07. The van der Waals surface area contributed by atoms with Crippen molar-refractivity contribution in [3.63, 3.8) is 0 Å². The molecule has 5 heteroatoms. The molecule has 0 saturated carbocycles. The van der Waals surface area contributed by atoms with Crippen molar-refractivity contribution in [2.24, 2.45) is 0 Å². The van der Waals surface area contributed by atoms with Gasteiger partial charge in [0.2, 0.25) is 0 Å². The van der Waals surface area contributed by atoms with Gasteiger partial charge in [0.25, 0.3) is 6.43 Å². The fraction of sp³-hybridized carbons (Fsp3) is 0.300. The van der Waals surface area contributed by atoms with Crippen LogP contribution >= 0.6 is 0 Å². The predicted octanol–water partition coefficient (Wildman–Crippen LogP) is 3.03. The molecule has 0 aliphatic rings. The van der Waals surface area contributed by atoms with E-state index >= 15 is 0 Å². The highest BCUT2D eigenvalue weighted by atomic mass is 19.3. The van der Waals surface area contributed by atoms with E-state index < -0.39 is 23.6 Å². The predicted molar refractivity (Wildman–Crippen MR) is 45.7 cm³/mol. The fourth-order valence-electron chi connectivity index (χ4n) is 1.19. The minimum absolute atomic E-state index is 0.0248. The Bertz CT molecular complexity index is 363. The summed E-state index contributed by atoms with van der Waals surface area (Å²) < 4.78 is 50.3. The highest BCUT2D eigenvalue weighted by molar-refractivity contribution is 5.50. The van der Waals surface area contributed by atoms with Gasteiger partial charge in [0.15, 0.2) is 11.6 Å². The number of hydrogen-bond donors (Lipinski definition) is 0. The zero-order valence-electron chi connectivity index (χ0n) is 7.64. The monoisotopic (exact) mass is 220 g/mol. The first kappa shape index (κ1) is 11.7. The first-order chi connectivity index (χ1) is 7.06. The summed E-state index contributed by atoms with van der Waals surface area (Å²) in [5, 5.41) is 0. The maximum Gasteiger partial charge on any atom is 0.263 e. The average Bonchev–Trinajstić information content (AvgIpc) is 2.19. The first-order valence-corrected chi connectivity index (χ1v) is 4.26. The summed E-state index contributed by atoms with van der Waals surface area (Å²) in [6.45, 7) is 0. The zero-order valence-corrected chi connectivity index (χ0v) is 7.64. The Kier molecular flexibility index (Phi) is 3.82. The molecule has 0 saturated heterocycles. The number of carbonyl (C=O) groups excluding carboxylic acids is 1. The number of carbonyl (C=O) groups is 1. The number of hydrogen-bond acceptors (Lipinski definition) is 1. The molecule has 1 nitrogen and oxygen atoms in total. The van der Waals surface area contributed by atoms with Crippen molar-refractivity contribution >= 4 is 6.29 Å². The Hall–Kier alpha value is -1.39. The molecule has 0 bridgehead atoms. The van der Waals surface area contributed by atoms with Crippen LogP contribution in [0.1, 0.15) is 24.0 Å². The molecule has 1 rings (SSSR count). The molecule has 1 aromatic carbocycles. The summed E-state index contributed by atoms with van der Waals surface area (Å²) in [6.07, 6.45) is -2.43. The minimum atomic E-state index is -2.85. The first-order valence-electron chi connectivity index (χ1n) is 4.26. The molecule has 0 heterocycles. The molecule has 82 valence electrons. The second-order valence-corrected chi connectivity index (χ2v) is 2.98. The topological polar surface area (TPSA) is 17.1 Å². The van der Waals surface area contributed by atoms with Gasteiger partial charge in [-0.15, -0.1) is 0 Å². The van der Waals surface area contributed by atoms with E-state index in [9.17, 15) is 22.4 Å². The van der Waals surface area contributed by atoms with Gasteiger partial charge in [0, 0.05) is 12.0 Å². The third-order valence-electron chi connectivity index (χ3n) is 1.91. The van der Waals surface area contributed by atoms with E-state index in [2.05, 4.69) is 0 Å². The van der Waals surface area contributed by atoms with Crippen LogP contribution in [0.5, 0.6) is 0 Å². The molecule has 0 fully saturated rings. The molecular formula is C10H8F4O. The summed E-state index contributed by atoms with van der Waals surface area (Å²) in [4.78, 5) is 10.0. The van der Waals surface area contributed by atoms with Crippen LogP contribution in [-0.4, -0.2) is 6.29 Å². The van der Waals surface area contributed by atoms with Crippen LogP contribution in [0.25, 0.3) is 0 Å². The van der Waals surface area contributed by atoms with E-state index in [0.717, 1.165) is 6.07 Å². The number of benzene rings is 1. The van der Waals surface area contributed by atoms with Crippen molar-refractivity contribution in [3.05, 3.63) is 34.9 Å². The third-order valence-corrected chi connectivity index (χ3v) is 1.91. The van der Waals surface area contributed by atoms with Gasteiger partial charge in [-0.25, -0.2) is 17.6 Å².